The highest BCUT2D eigenvalue weighted by Gasteiger charge is 2.52. The second kappa shape index (κ2) is 15.2. The van der Waals surface area contributed by atoms with Crippen LogP contribution in [0.5, 0.6) is 23.0 Å². The maximum atomic E-state index is 6.71. The van der Waals surface area contributed by atoms with Crippen molar-refractivity contribution < 1.29 is 9.47 Å². The van der Waals surface area contributed by atoms with Crippen LogP contribution in [0.15, 0.2) is 261 Å². The van der Waals surface area contributed by atoms with E-state index >= 15 is 0 Å². The molecule has 2 heterocycles. The lowest BCUT2D eigenvalue weighted by Gasteiger charge is -2.39. The molecule has 0 amide bonds. The minimum Gasteiger partial charge on any atom is -0.457 e. The van der Waals surface area contributed by atoms with E-state index in [1.807, 2.05) is 0 Å². The van der Waals surface area contributed by atoms with Crippen molar-refractivity contribution >= 4 is 17.1 Å². The number of rotatable bonds is 5. The Kier molecular flexibility index (Phi) is 8.49. The molecule has 0 aromatic heterocycles. The molecule has 0 fully saturated rings. The highest BCUT2D eigenvalue weighted by Crippen LogP contribution is 2.64. The van der Waals surface area contributed by atoms with Crippen LogP contribution in [0.4, 0.5) is 17.1 Å². The van der Waals surface area contributed by atoms with Gasteiger partial charge in [0.1, 0.15) is 23.0 Å². The third kappa shape index (κ3) is 5.54. The molecule has 0 atom stereocenters. The van der Waals surface area contributed by atoms with E-state index in [-0.39, 0.29) is 0 Å². The second-order valence-corrected chi connectivity index (χ2v) is 19.1. The van der Waals surface area contributed by atoms with E-state index in [0.717, 1.165) is 73.4 Å². The van der Waals surface area contributed by atoms with Crippen LogP contribution in [0.1, 0.15) is 44.5 Å². The number of hydrogen-bond acceptors (Lipinski definition) is 3. The van der Waals surface area contributed by atoms with E-state index in [1.54, 1.807) is 0 Å². The zero-order valence-corrected chi connectivity index (χ0v) is 38.6. The van der Waals surface area contributed by atoms with Gasteiger partial charge < -0.3 is 14.4 Å². The average Bonchev–Trinajstić information content (AvgIpc) is 3.89. The Hall–Kier alpha value is -9.18. The molecule has 0 saturated heterocycles. The van der Waals surface area contributed by atoms with Gasteiger partial charge in [0.15, 0.2) is 0 Å². The largest absolute Gasteiger partial charge is 0.457 e. The number of anilines is 3. The second-order valence-electron chi connectivity index (χ2n) is 19.1. The molecule has 0 radical (unpaired) electrons. The van der Waals surface area contributed by atoms with Crippen LogP contribution in [0.3, 0.4) is 0 Å². The number of nitrogens with zero attached hydrogens (tertiary/aromatic N) is 1. The van der Waals surface area contributed by atoms with Gasteiger partial charge in [0.2, 0.25) is 0 Å². The van der Waals surface area contributed by atoms with Gasteiger partial charge in [-0.25, -0.2) is 0 Å². The number of hydrogen-bond donors (Lipinski definition) is 0. The molecule has 71 heavy (non-hydrogen) atoms. The summed E-state index contributed by atoms with van der Waals surface area (Å²) in [5, 5.41) is 0. The molecular formula is C68H43NO2. The lowest BCUT2D eigenvalue weighted by Crippen LogP contribution is -2.32. The van der Waals surface area contributed by atoms with Crippen LogP contribution in [-0.4, -0.2) is 0 Å². The number of fused-ring (bicyclic) bond motifs is 18. The molecule has 4 aliphatic rings. The molecule has 3 heteroatoms. The smallest absolute Gasteiger partial charge is 0.132 e. The van der Waals surface area contributed by atoms with E-state index < -0.39 is 10.8 Å². The molecule has 3 nitrogen and oxygen atoms in total. The van der Waals surface area contributed by atoms with Gasteiger partial charge in [-0.05, 0) is 133 Å². The summed E-state index contributed by atoms with van der Waals surface area (Å²) in [6, 6.07) is 95.1. The Bertz CT molecular complexity index is 3870. The normalized spacial score (nSPS) is 14.1. The molecule has 0 unspecified atom stereocenters. The van der Waals surface area contributed by atoms with Crippen molar-refractivity contribution in [1.29, 1.82) is 0 Å². The molecule has 2 aliphatic carbocycles. The molecular weight excluding hydrogens is 863 g/mol. The SMILES string of the molecule is c1ccc(-c2ccc(N(c3cccc(-c4ccc5c(c4)C4(c6ccccc6Oc6ccccc64)c4ccccc4-5)c3)c3ccc4c(c3)C3(c5ccccc5Oc5ccccc53)c3ccccc3-4)cc2)cc1. The lowest BCUT2D eigenvalue weighted by atomic mass is 9.66. The summed E-state index contributed by atoms with van der Waals surface area (Å²) < 4.78 is 13.4. The minimum absolute atomic E-state index is 0.559. The molecule has 0 N–H and O–H groups in total. The number of para-hydroxylation sites is 4. The van der Waals surface area contributed by atoms with E-state index in [4.69, 9.17) is 9.47 Å². The fourth-order valence-electron chi connectivity index (χ4n) is 12.7. The predicted molar refractivity (Wildman–Crippen MR) is 287 cm³/mol. The van der Waals surface area contributed by atoms with Gasteiger partial charge >= 0.3 is 0 Å². The van der Waals surface area contributed by atoms with Crippen LogP contribution in [-0.2, 0) is 10.8 Å². The van der Waals surface area contributed by atoms with Crippen molar-refractivity contribution in [1.82, 2.24) is 0 Å². The van der Waals surface area contributed by atoms with Gasteiger partial charge in [0.05, 0.1) is 10.8 Å². The zero-order valence-electron chi connectivity index (χ0n) is 38.6. The van der Waals surface area contributed by atoms with Crippen molar-refractivity contribution in [3.63, 3.8) is 0 Å². The number of benzene rings is 11. The maximum Gasteiger partial charge on any atom is 0.132 e. The topological polar surface area (TPSA) is 21.7 Å². The molecule has 332 valence electrons. The van der Waals surface area contributed by atoms with Crippen LogP contribution >= 0.6 is 0 Å². The van der Waals surface area contributed by atoms with Crippen molar-refractivity contribution in [3.05, 3.63) is 305 Å². The molecule has 11 aromatic carbocycles. The summed E-state index contributed by atoms with van der Waals surface area (Å²) in [7, 11) is 0. The van der Waals surface area contributed by atoms with E-state index in [9.17, 15) is 0 Å². The molecule has 15 rings (SSSR count). The molecule has 11 aromatic rings. The van der Waals surface area contributed by atoms with Crippen molar-refractivity contribution in [2.75, 3.05) is 4.90 Å². The highest BCUT2D eigenvalue weighted by molar-refractivity contribution is 5.93. The van der Waals surface area contributed by atoms with Crippen LogP contribution in [0.25, 0.3) is 44.5 Å². The van der Waals surface area contributed by atoms with Crippen molar-refractivity contribution in [2.24, 2.45) is 0 Å². The Balaban J connectivity index is 0.934. The molecule has 0 saturated carbocycles. The standard InChI is InChI=1S/C68H43NO2/c1-2-17-44(18-3-1)45-33-36-48(37-34-45)69(50-38-40-54-52-22-5-7-24-56(52)68(62(54)43-50)59-27-10-14-31-65(59)71-66-32-15-11-28-60(66)68)49-20-16-19-46(41-49)47-35-39-53-51-21-4-6-23-55(51)67(61(53)42-47)57-25-8-12-29-63(57)70-64-30-13-9-26-58(64)67/h1-43H. The van der Waals surface area contributed by atoms with Crippen molar-refractivity contribution in [3.8, 4) is 67.5 Å². The first-order valence-corrected chi connectivity index (χ1v) is 24.5. The highest BCUT2D eigenvalue weighted by atomic mass is 16.5. The van der Waals surface area contributed by atoms with Gasteiger partial charge in [0, 0.05) is 39.3 Å². The Morgan fingerprint density at radius 2 is 0.592 bits per heavy atom. The lowest BCUT2D eigenvalue weighted by molar-refractivity contribution is 0.436. The first-order valence-electron chi connectivity index (χ1n) is 24.5. The van der Waals surface area contributed by atoms with Gasteiger partial charge in [-0.3, -0.25) is 0 Å². The monoisotopic (exact) mass is 905 g/mol. The average molecular weight is 906 g/mol. The maximum absolute atomic E-state index is 6.71. The van der Waals surface area contributed by atoms with Crippen molar-refractivity contribution in [2.45, 2.75) is 10.8 Å². The van der Waals surface area contributed by atoms with Crippen LogP contribution in [0, 0.1) is 0 Å². The van der Waals surface area contributed by atoms with Gasteiger partial charge in [-0.2, -0.15) is 0 Å². The Labute approximate surface area is 413 Å². The summed E-state index contributed by atoms with van der Waals surface area (Å²) in [6.07, 6.45) is 0. The molecule has 2 aliphatic heterocycles. The summed E-state index contributed by atoms with van der Waals surface area (Å²) in [5.41, 5.74) is 21.3. The summed E-state index contributed by atoms with van der Waals surface area (Å²) in [4.78, 5) is 2.43. The number of ether oxygens (including phenoxy) is 2. The van der Waals surface area contributed by atoms with E-state index in [1.165, 1.54) is 55.6 Å². The van der Waals surface area contributed by atoms with Crippen LogP contribution < -0.4 is 14.4 Å². The third-order valence-corrected chi connectivity index (χ3v) is 15.6. The Morgan fingerprint density at radius 1 is 0.225 bits per heavy atom. The first kappa shape index (κ1) is 39.8. The summed E-state index contributed by atoms with van der Waals surface area (Å²) in [5.74, 6) is 3.55. The van der Waals surface area contributed by atoms with Gasteiger partial charge in [0.25, 0.3) is 0 Å². The first-order chi connectivity index (χ1) is 35.2. The van der Waals surface area contributed by atoms with E-state index in [0.29, 0.717) is 0 Å². The fraction of sp³-hybridized carbons (Fsp3) is 0.0294. The van der Waals surface area contributed by atoms with Gasteiger partial charge in [-0.1, -0.05) is 194 Å². The predicted octanol–water partition coefficient (Wildman–Crippen LogP) is 17.4. The minimum atomic E-state index is -0.600. The quantitative estimate of drug-likeness (QED) is 0.172. The van der Waals surface area contributed by atoms with E-state index in [2.05, 4.69) is 266 Å². The molecule has 0 bridgehead atoms. The summed E-state index contributed by atoms with van der Waals surface area (Å²) >= 11 is 0. The van der Waals surface area contributed by atoms with Gasteiger partial charge in [-0.15, -0.1) is 0 Å². The van der Waals surface area contributed by atoms with Crippen LogP contribution in [0.2, 0.25) is 0 Å². The summed E-state index contributed by atoms with van der Waals surface area (Å²) in [6.45, 7) is 0. The Morgan fingerprint density at radius 3 is 1.14 bits per heavy atom. The zero-order chi connectivity index (χ0) is 46.7. The third-order valence-electron chi connectivity index (χ3n) is 15.6. The molecule has 2 spiro atoms. The fourth-order valence-corrected chi connectivity index (χ4v) is 12.7.